The summed E-state index contributed by atoms with van der Waals surface area (Å²) in [6.07, 6.45) is 3.53. The molecule has 0 aliphatic rings. The fourth-order valence-corrected chi connectivity index (χ4v) is 2.69. The van der Waals surface area contributed by atoms with Crippen LogP contribution in [0.2, 0.25) is 0 Å². The number of azo groups is 1. The second-order valence-corrected chi connectivity index (χ2v) is 6.26. The van der Waals surface area contributed by atoms with E-state index in [9.17, 15) is 25.3 Å². The Bertz CT molecular complexity index is 987. The van der Waals surface area contributed by atoms with Crippen molar-refractivity contribution in [1.82, 2.24) is 4.57 Å². The number of nitro groups is 1. The number of nitrogens with zero attached hydrogens (tertiary/aromatic N) is 5. The Balaban J connectivity index is 2.40. The average molecular weight is 382 g/mol. The Kier molecular flexibility index (Phi) is 6.98. The molecule has 1 aromatic carbocycles. The zero-order valence-corrected chi connectivity index (χ0v) is 15.7. The minimum absolute atomic E-state index is 0.0787. The minimum atomic E-state index is -0.615. The molecular formula is C19H20N5O4. The average Bonchev–Trinajstić information content (AvgIpc) is 2.68. The lowest BCUT2D eigenvalue weighted by molar-refractivity contribution is -0.384. The van der Waals surface area contributed by atoms with E-state index in [4.69, 9.17) is 0 Å². The molecule has 0 aliphatic carbocycles. The summed E-state index contributed by atoms with van der Waals surface area (Å²) in [6, 6.07) is 7.18. The fourth-order valence-electron chi connectivity index (χ4n) is 2.69. The number of nitriles is 1. The number of non-ortho nitro benzene ring substituents is 1. The van der Waals surface area contributed by atoms with Gasteiger partial charge < -0.3 is 0 Å². The maximum absolute atomic E-state index is 12.7. The molecule has 28 heavy (non-hydrogen) atoms. The van der Waals surface area contributed by atoms with Crippen LogP contribution in [-0.4, -0.2) is 9.49 Å². The highest BCUT2D eigenvalue weighted by atomic mass is 16.6. The van der Waals surface area contributed by atoms with Gasteiger partial charge in [0.2, 0.25) is 0 Å². The number of unbranched alkanes of at least 4 members (excludes halogenated alkanes) is 3. The van der Waals surface area contributed by atoms with Crippen LogP contribution in [0.5, 0.6) is 5.88 Å². The van der Waals surface area contributed by atoms with Crippen LogP contribution >= 0.6 is 0 Å². The quantitative estimate of drug-likeness (QED) is 0.272. The lowest BCUT2D eigenvalue weighted by Crippen LogP contribution is -2.23. The number of aromatic nitrogens is 1. The standard InChI is InChI=1S/C19H20N5O4/c1-3-4-5-6-11-23-18(25)16(12-20)13(2)17(19(23)26)22-21-14-7-9-15(10-8-14)24(27)28/h7-10H,3-6,11H2,1-2H3. The Labute approximate surface area is 161 Å². The monoisotopic (exact) mass is 382 g/mol. The highest BCUT2D eigenvalue weighted by molar-refractivity contribution is 5.59. The van der Waals surface area contributed by atoms with Crippen molar-refractivity contribution in [2.75, 3.05) is 0 Å². The summed E-state index contributed by atoms with van der Waals surface area (Å²) in [6.45, 7) is 3.75. The van der Waals surface area contributed by atoms with Crippen LogP contribution in [0.1, 0.15) is 43.7 Å². The number of rotatable bonds is 8. The third-order valence-corrected chi connectivity index (χ3v) is 4.31. The lowest BCUT2D eigenvalue weighted by atomic mass is 10.1. The molecule has 0 unspecified atom stereocenters. The summed E-state index contributed by atoms with van der Waals surface area (Å²) in [7, 11) is 0. The SMILES string of the molecule is CCCCCCn1c([O])c(N=Nc2ccc([N+](=O)[O-])cc2)c(C)c(C#N)c1=O. The molecule has 9 nitrogen and oxygen atoms in total. The highest BCUT2D eigenvalue weighted by Gasteiger charge is 2.20. The van der Waals surface area contributed by atoms with Gasteiger partial charge in [-0.05, 0) is 25.5 Å². The molecule has 0 atom stereocenters. The summed E-state index contributed by atoms with van der Waals surface area (Å²) in [5.74, 6) is -0.594. The van der Waals surface area contributed by atoms with E-state index >= 15 is 0 Å². The van der Waals surface area contributed by atoms with E-state index in [1.54, 1.807) is 0 Å². The largest absolute Gasteiger partial charge is 0.281 e. The first kappa shape index (κ1) is 20.8. The first-order chi connectivity index (χ1) is 13.4. The molecular weight excluding hydrogens is 362 g/mol. The number of hydrogen-bond acceptors (Lipinski definition) is 6. The van der Waals surface area contributed by atoms with Crippen LogP contribution in [0.4, 0.5) is 17.1 Å². The molecule has 0 saturated heterocycles. The molecule has 0 amide bonds. The van der Waals surface area contributed by atoms with Crippen molar-refractivity contribution in [3.63, 3.8) is 0 Å². The van der Waals surface area contributed by atoms with E-state index in [2.05, 4.69) is 17.2 Å². The number of benzene rings is 1. The third-order valence-electron chi connectivity index (χ3n) is 4.31. The van der Waals surface area contributed by atoms with Crippen LogP contribution in [0.15, 0.2) is 39.3 Å². The van der Waals surface area contributed by atoms with E-state index in [-0.39, 0.29) is 29.0 Å². The summed E-state index contributed by atoms with van der Waals surface area (Å²) in [4.78, 5) is 22.6. The maximum Gasteiger partial charge on any atom is 0.281 e. The van der Waals surface area contributed by atoms with Gasteiger partial charge in [-0.2, -0.15) is 10.4 Å². The molecule has 0 bridgehead atoms. The summed E-state index contributed by atoms with van der Waals surface area (Å²) < 4.78 is 1.03. The zero-order chi connectivity index (χ0) is 20.7. The topological polar surface area (TPSA) is 134 Å². The normalized spacial score (nSPS) is 10.9. The van der Waals surface area contributed by atoms with E-state index < -0.39 is 16.4 Å². The van der Waals surface area contributed by atoms with E-state index in [0.717, 1.165) is 23.8 Å². The highest BCUT2D eigenvalue weighted by Crippen LogP contribution is 2.33. The molecule has 0 fully saturated rings. The van der Waals surface area contributed by atoms with E-state index in [1.165, 1.54) is 31.2 Å². The van der Waals surface area contributed by atoms with Crippen molar-refractivity contribution in [2.24, 2.45) is 10.2 Å². The Morgan fingerprint density at radius 3 is 2.43 bits per heavy atom. The molecule has 1 radical (unpaired) electrons. The molecule has 9 heteroatoms. The molecule has 1 heterocycles. The molecule has 0 aliphatic heterocycles. The Hall–Kier alpha value is -3.54. The van der Waals surface area contributed by atoms with Gasteiger partial charge in [-0.1, -0.05) is 26.2 Å². The van der Waals surface area contributed by atoms with Crippen LogP contribution in [-0.2, 0) is 11.7 Å². The van der Waals surface area contributed by atoms with Crippen molar-refractivity contribution < 1.29 is 10.0 Å². The maximum atomic E-state index is 12.7. The second kappa shape index (κ2) is 9.41. The number of nitro benzene ring substituents is 1. The van der Waals surface area contributed by atoms with Crippen molar-refractivity contribution in [1.29, 1.82) is 5.26 Å². The van der Waals surface area contributed by atoms with Crippen LogP contribution < -0.4 is 5.56 Å². The van der Waals surface area contributed by atoms with Gasteiger partial charge in [0.15, 0.2) is 5.69 Å². The van der Waals surface area contributed by atoms with Gasteiger partial charge in [-0.25, -0.2) is 0 Å². The zero-order valence-electron chi connectivity index (χ0n) is 15.7. The molecule has 0 N–H and O–H groups in total. The number of pyridine rings is 1. The molecule has 0 saturated carbocycles. The Morgan fingerprint density at radius 1 is 1.18 bits per heavy atom. The van der Waals surface area contributed by atoms with Gasteiger partial charge in [-0.15, -0.1) is 5.11 Å². The number of hydrogen-bond donors (Lipinski definition) is 0. The van der Waals surface area contributed by atoms with Gasteiger partial charge in [-0.3, -0.25) is 24.6 Å². The minimum Gasteiger partial charge on any atom is -0.272 e. The molecule has 0 spiro atoms. The second-order valence-electron chi connectivity index (χ2n) is 6.26. The predicted molar refractivity (Wildman–Crippen MR) is 102 cm³/mol. The molecule has 2 aromatic rings. The predicted octanol–water partition coefficient (Wildman–Crippen LogP) is 5.08. The van der Waals surface area contributed by atoms with Crippen LogP contribution in [0, 0.1) is 28.4 Å². The summed E-state index contributed by atoms with van der Waals surface area (Å²) >= 11 is 0. The van der Waals surface area contributed by atoms with Crippen molar-refractivity contribution >= 4 is 17.1 Å². The van der Waals surface area contributed by atoms with Crippen LogP contribution in [0.25, 0.3) is 0 Å². The van der Waals surface area contributed by atoms with Gasteiger partial charge in [0.25, 0.3) is 17.1 Å². The van der Waals surface area contributed by atoms with E-state index in [0.29, 0.717) is 12.1 Å². The Morgan fingerprint density at radius 2 is 1.86 bits per heavy atom. The van der Waals surface area contributed by atoms with Gasteiger partial charge >= 0.3 is 0 Å². The lowest BCUT2D eigenvalue weighted by Gasteiger charge is -2.11. The first-order valence-electron chi connectivity index (χ1n) is 8.91. The summed E-state index contributed by atoms with van der Waals surface area (Å²) in [5, 5.41) is 40.6. The van der Waals surface area contributed by atoms with E-state index in [1.807, 2.05) is 6.07 Å². The fraction of sp³-hybridized carbons (Fsp3) is 0.368. The third kappa shape index (κ3) is 4.59. The molecule has 1 aromatic heterocycles. The van der Waals surface area contributed by atoms with Gasteiger partial charge in [0.05, 0.1) is 10.6 Å². The van der Waals surface area contributed by atoms with Gasteiger partial charge in [0, 0.05) is 24.2 Å². The van der Waals surface area contributed by atoms with Crippen LogP contribution in [0.3, 0.4) is 0 Å². The van der Waals surface area contributed by atoms with Gasteiger partial charge in [0.1, 0.15) is 11.6 Å². The van der Waals surface area contributed by atoms with Crippen molar-refractivity contribution in [2.45, 2.75) is 46.1 Å². The summed E-state index contributed by atoms with van der Waals surface area (Å²) in [5.41, 5.74) is -0.433. The first-order valence-corrected chi connectivity index (χ1v) is 8.91. The van der Waals surface area contributed by atoms with Crippen molar-refractivity contribution in [3.05, 3.63) is 55.9 Å². The molecule has 2 rings (SSSR count). The smallest absolute Gasteiger partial charge is 0.272 e. The molecule has 145 valence electrons. The van der Waals surface area contributed by atoms with Crippen molar-refractivity contribution in [3.8, 4) is 11.9 Å².